The van der Waals surface area contributed by atoms with Crippen LogP contribution in [0.3, 0.4) is 0 Å². The number of nitrogens with two attached hydrogens (primary N) is 1. The summed E-state index contributed by atoms with van der Waals surface area (Å²) in [5.41, 5.74) is 6.49. The largest absolute Gasteiger partial charge is 0.381 e. The third-order valence-electron chi connectivity index (χ3n) is 3.42. The number of pyridine rings is 1. The monoisotopic (exact) mass is 273 g/mol. The van der Waals surface area contributed by atoms with Crippen LogP contribution in [0.15, 0.2) is 18.5 Å². The molecule has 2 rings (SSSR count). The average Bonchev–Trinajstić information content (AvgIpc) is 2.99. The zero-order valence-electron chi connectivity index (χ0n) is 11.6. The summed E-state index contributed by atoms with van der Waals surface area (Å²) < 4.78 is 5.34. The molecule has 1 fully saturated rings. The number of hydrogen-bond acceptors (Lipinski definition) is 4. The van der Waals surface area contributed by atoms with Crippen LogP contribution in [0.4, 0.5) is 0 Å². The maximum absolute atomic E-state index is 12.3. The summed E-state index contributed by atoms with van der Waals surface area (Å²) in [6.07, 6.45) is 4.16. The Kier molecular flexibility index (Phi) is 5.10. The van der Waals surface area contributed by atoms with E-state index in [-0.39, 0.29) is 18.5 Å². The van der Waals surface area contributed by atoms with Gasteiger partial charge in [0.05, 0.1) is 24.3 Å². The van der Waals surface area contributed by atoms with E-state index in [0.29, 0.717) is 23.7 Å². The molecule has 0 spiro atoms. The molecule has 0 aliphatic carbocycles. The van der Waals surface area contributed by atoms with Crippen molar-refractivity contribution in [1.82, 2.24) is 10.3 Å². The van der Waals surface area contributed by atoms with Gasteiger partial charge in [0, 0.05) is 31.0 Å². The van der Waals surface area contributed by atoms with Gasteiger partial charge in [-0.1, -0.05) is 11.8 Å². The lowest BCUT2D eigenvalue weighted by atomic mass is 10.00. The molecule has 1 aliphatic rings. The van der Waals surface area contributed by atoms with Crippen LogP contribution in [0.25, 0.3) is 0 Å². The molecule has 2 unspecified atom stereocenters. The minimum Gasteiger partial charge on any atom is -0.381 e. The Hall–Kier alpha value is -1.90. The number of hydrogen-bond donors (Lipinski definition) is 2. The Morgan fingerprint density at radius 2 is 2.55 bits per heavy atom. The minimum atomic E-state index is -0.131. The number of rotatable bonds is 3. The molecule has 2 atom stereocenters. The summed E-state index contributed by atoms with van der Waals surface area (Å²) in [5, 5.41) is 3.01. The third-order valence-corrected chi connectivity index (χ3v) is 3.42. The fraction of sp³-hybridized carbons (Fsp3) is 0.467. The summed E-state index contributed by atoms with van der Waals surface area (Å²) >= 11 is 0. The predicted octanol–water partition coefficient (Wildman–Crippen LogP) is 0.547. The Morgan fingerprint density at radius 1 is 1.70 bits per heavy atom. The first kappa shape index (κ1) is 14.5. The van der Waals surface area contributed by atoms with Gasteiger partial charge in [0.25, 0.3) is 5.91 Å². The van der Waals surface area contributed by atoms with Crippen LogP contribution < -0.4 is 11.1 Å². The highest BCUT2D eigenvalue weighted by Crippen LogP contribution is 2.17. The molecule has 106 valence electrons. The summed E-state index contributed by atoms with van der Waals surface area (Å²) in [4.78, 5) is 16.3. The normalized spacial score (nSPS) is 19.0. The molecule has 5 nitrogen and oxygen atoms in total. The first-order valence-electron chi connectivity index (χ1n) is 6.74. The van der Waals surface area contributed by atoms with Gasteiger partial charge in [-0.25, -0.2) is 0 Å². The smallest absolute Gasteiger partial charge is 0.252 e. The van der Waals surface area contributed by atoms with E-state index in [0.717, 1.165) is 13.0 Å². The maximum atomic E-state index is 12.3. The van der Waals surface area contributed by atoms with Crippen LogP contribution in [0.5, 0.6) is 0 Å². The van der Waals surface area contributed by atoms with Gasteiger partial charge in [0.15, 0.2) is 0 Å². The first-order chi connectivity index (χ1) is 9.72. The molecule has 0 saturated carbocycles. The van der Waals surface area contributed by atoms with Gasteiger partial charge in [-0.05, 0) is 19.4 Å². The topological polar surface area (TPSA) is 77.2 Å². The second-order valence-corrected chi connectivity index (χ2v) is 4.81. The van der Waals surface area contributed by atoms with E-state index in [2.05, 4.69) is 22.1 Å². The molecule has 0 bridgehead atoms. The van der Waals surface area contributed by atoms with Crippen molar-refractivity contribution >= 4 is 5.91 Å². The molecule has 5 heteroatoms. The van der Waals surface area contributed by atoms with E-state index in [9.17, 15) is 4.79 Å². The van der Waals surface area contributed by atoms with Gasteiger partial charge < -0.3 is 15.8 Å². The zero-order valence-corrected chi connectivity index (χ0v) is 11.6. The number of carbonyl (C=O) groups excluding carboxylic acids is 1. The summed E-state index contributed by atoms with van der Waals surface area (Å²) in [6.45, 7) is 3.74. The van der Waals surface area contributed by atoms with Gasteiger partial charge in [0.2, 0.25) is 0 Å². The van der Waals surface area contributed by atoms with Crippen LogP contribution in [0.2, 0.25) is 0 Å². The van der Waals surface area contributed by atoms with Crippen molar-refractivity contribution in [3.05, 3.63) is 29.6 Å². The molecule has 20 heavy (non-hydrogen) atoms. The average molecular weight is 273 g/mol. The van der Waals surface area contributed by atoms with Crippen LogP contribution >= 0.6 is 0 Å². The summed E-state index contributed by atoms with van der Waals surface area (Å²) in [7, 11) is 0. The molecule has 1 saturated heterocycles. The second kappa shape index (κ2) is 7.04. The molecule has 1 aliphatic heterocycles. The van der Waals surface area contributed by atoms with Crippen molar-refractivity contribution in [3.63, 3.8) is 0 Å². The van der Waals surface area contributed by atoms with E-state index in [4.69, 9.17) is 10.5 Å². The van der Waals surface area contributed by atoms with E-state index in [1.807, 2.05) is 6.92 Å². The lowest BCUT2D eigenvalue weighted by molar-refractivity contribution is 0.0922. The molecule has 1 aromatic rings. The number of nitrogens with zero attached hydrogens (tertiary/aromatic N) is 1. The van der Waals surface area contributed by atoms with Crippen LogP contribution in [-0.4, -0.2) is 36.7 Å². The minimum absolute atomic E-state index is 0.0773. The van der Waals surface area contributed by atoms with Crippen molar-refractivity contribution in [2.24, 2.45) is 11.7 Å². The predicted molar refractivity (Wildman–Crippen MR) is 76.0 cm³/mol. The van der Waals surface area contributed by atoms with Crippen LogP contribution in [0.1, 0.15) is 29.3 Å². The highest BCUT2D eigenvalue weighted by atomic mass is 16.5. The van der Waals surface area contributed by atoms with Gasteiger partial charge in [-0.15, -0.1) is 0 Å². The van der Waals surface area contributed by atoms with Gasteiger partial charge in [-0.2, -0.15) is 0 Å². The van der Waals surface area contributed by atoms with Crippen molar-refractivity contribution in [2.45, 2.75) is 19.4 Å². The Morgan fingerprint density at radius 3 is 3.25 bits per heavy atom. The van der Waals surface area contributed by atoms with Crippen LogP contribution in [-0.2, 0) is 4.74 Å². The molecule has 1 aromatic heterocycles. The molecule has 2 heterocycles. The first-order valence-corrected chi connectivity index (χ1v) is 6.74. The fourth-order valence-corrected chi connectivity index (χ4v) is 2.19. The van der Waals surface area contributed by atoms with Crippen LogP contribution in [0, 0.1) is 17.8 Å². The van der Waals surface area contributed by atoms with Gasteiger partial charge >= 0.3 is 0 Å². The fourth-order valence-electron chi connectivity index (χ4n) is 2.19. The van der Waals surface area contributed by atoms with E-state index in [1.54, 1.807) is 18.5 Å². The van der Waals surface area contributed by atoms with Crippen molar-refractivity contribution in [2.75, 3.05) is 19.8 Å². The summed E-state index contributed by atoms with van der Waals surface area (Å²) in [5.74, 6) is 5.86. The molecule has 3 N–H and O–H groups in total. The highest BCUT2D eigenvalue weighted by Gasteiger charge is 2.24. The second-order valence-electron chi connectivity index (χ2n) is 4.81. The Balaban J connectivity index is 2.08. The van der Waals surface area contributed by atoms with Gasteiger partial charge in [0.1, 0.15) is 0 Å². The van der Waals surface area contributed by atoms with E-state index >= 15 is 0 Å². The zero-order chi connectivity index (χ0) is 14.4. The van der Waals surface area contributed by atoms with Crippen molar-refractivity contribution in [3.8, 4) is 11.8 Å². The summed E-state index contributed by atoms with van der Waals surface area (Å²) in [6, 6.07) is 1.75. The SMILES string of the molecule is CC(NC(=O)c1ccncc1C#CCN)C1CCOC1. The van der Waals surface area contributed by atoms with E-state index in [1.165, 1.54) is 0 Å². The van der Waals surface area contributed by atoms with Crippen molar-refractivity contribution < 1.29 is 9.53 Å². The lowest BCUT2D eigenvalue weighted by Crippen LogP contribution is -2.38. The van der Waals surface area contributed by atoms with Crippen molar-refractivity contribution in [1.29, 1.82) is 0 Å². The molecular weight excluding hydrogens is 254 g/mol. The number of ether oxygens (including phenoxy) is 1. The standard InChI is InChI=1S/C15H19N3O2/c1-11(13-5-8-20-10-13)18-15(19)14-4-7-17-9-12(14)3-2-6-16/h4,7,9,11,13H,5-6,8,10,16H2,1H3,(H,18,19). The molecular formula is C15H19N3O2. The molecule has 0 radical (unpaired) electrons. The number of nitrogens with one attached hydrogen (secondary N) is 1. The maximum Gasteiger partial charge on any atom is 0.252 e. The lowest BCUT2D eigenvalue weighted by Gasteiger charge is -2.19. The highest BCUT2D eigenvalue weighted by molar-refractivity contribution is 5.96. The Labute approximate surface area is 118 Å². The molecule has 0 aromatic carbocycles. The third kappa shape index (κ3) is 3.56. The quantitative estimate of drug-likeness (QED) is 0.788. The van der Waals surface area contributed by atoms with Gasteiger partial charge in [-0.3, -0.25) is 9.78 Å². The Bertz CT molecular complexity index is 527. The molecule has 1 amide bonds. The number of aromatic nitrogens is 1. The number of carbonyl (C=O) groups is 1. The number of amides is 1. The van der Waals surface area contributed by atoms with E-state index < -0.39 is 0 Å².